The normalized spacial score (nSPS) is 11.7. The Hall–Kier alpha value is -2.42. The van der Waals surface area contributed by atoms with Crippen LogP contribution < -0.4 is 10.1 Å². The van der Waals surface area contributed by atoms with E-state index in [2.05, 4.69) is 5.32 Å². The summed E-state index contributed by atoms with van der Waals surface area (Å²) in [4.78, 5) is 14.5. The van der Waals surface area contributed by atoms with Crippen LogP contribution in [0.25, 0.3) is 0 Å². The zero-order chi connectivity index (χ0) is 23.0. The Balaban J connectivity index is 1.95. The average molecular weight is 448 g/mol. The van der Waals surface area contributed by atoms with Crippen LogP contribution in [0.2, 0.25) is 0 Å². The molecule has 31 heavy (non-hydrogen) atoms. The highest BCUT2D eigenvalue weighted by Gasteiger charge is 2.24. The third-order valence-electron chi connectivity index (χ3n) is 5.03. The molecule has 170 valence electrons. The van der Waals surface area contributed by atoms with Gasteiger partial charge in [-0.15, -0.1) is 0 Å². The van der Waals surface area contributed by atoms with Gasteiger partial charge in [0.2, 0.25) is 15.9 Å². The number of hydrogen-bond donors (Lipinski definition) is 1. The molecule has 2 aromatic rings. The summed E-state index contributed by atoms with van der Waals surface area (Å²) in [5.74, 6) is 0.621. The molecular formula is C23H33N3O4S. The molecule has 0 aliphatic heterocycles. The van der Waals surface area contributed by atoms with Crippen LogP contribution in [0.15, 0.2) is 47.4 Å². The van der Waals surface area contributed by atoms with Crippen molar-refractivity contribution in [2.24, 2.45) is 0 Å². The first-order valence-electron chi connectivity index (χ1n) is 10.5. The third-order valence-corrected chi connectivity index (χ3v) is 7.22. The van der Waals surface area contributed by atoms with E-state index in [1.54, 1.807) is 32.9 Å². The van der Waals surface area contributed by atoms with Crippen LogP contribution in [0.1, 0.15) is 25.0 Å². The fraction of sp³-hybridized carbons (Fsp3) is 0.435. The van der Waals surface area contributed by atoms with E-state index in [0.29, 0.717) is 37.5 Å². The number of carbonyl (C=O) groups excluding carboxylic acids is 1. The topological polar surface area (TPSA) is 79.0 Å². The molecule has 0 saturated carbocycles. The molecule has 2 rings (SSSR count). The number of hydrogen-bond acceptors (Lipinski definition) is 5. The lowest BCUT2D eigenvalue weighted by atomic mass is 10.2. The molecule has 0 radical (unpaired) electrons. The van der Waals surface area contributed by atoms with Gasteiger partial charge in [-0.1, -0.05) is 38.1 Å². The average Bonchev–Trinajstić information content (AvgIpc) is 2.71. The number of ether oxygens (including phenoxy) is 1. The number of carbonyl (C=O) groups is 1. The Morgan fingerprint density at radius 2 is 1.71 bits per heavy atom. The maximum atomic E-state index is 12.9. The van der Waals surface area contributed by atoms with Crippen molar-refractivity contribution in [3.8, 4) is 5.75 Å². The lowest BCUT2D eigenvalue weighted by Crippen LogP contribution is -2.33. The van der Waals surface area contributed by atoms with Crippen molar-refractivity contribution in [3.63, 3.8) is 0 Å². The van der Waals surface area contributed by atoms with Crippen LogP contribution in [-0.4, -0.2) is 63.4 Å². The molecule has 0 atom stereocenters. The second kappa shape index (κ2) is 11.3. The summed E-state index contributed by atoms with van der Waals surface area (Å²) < 4.78 is 32.9. The minimum absolute atomic E-state index is 0.170. The van der Waals surface area contributed by atoms with Gasteiger partial charge in [0.15, 0.2) is 0 Å². The summed E-state index contributed by atoms with van der Waals surface area (Å²) in [7, 11) is -1.76. The van der Waals surface area contributed by atoms with Crippen LogP contribution in [0, 0.1) is 13.8 Å². The van der Waals surface area contributed by atoms with Gasteiger partial charge in [0.25, 0.3) is 0 Å². The van der Waals surface area contributed by atoms with E-state index in [-0.39, 0.29) is 17.3 Å². The molecule has 7 nitrogen and oxygen atoms in total. The molecule has 0 saturated heterocycles. The van der Waals surface area contributed by atoms with E-state index >= 15 is 0 Å². The smallest absolute Gasteiger partial charge is 0.243 e. The zero-order valence-electron chi connectivity index (χ0n) is 19.0. The highest BCUT2D eigenvalue weighted by atomic mass is 32.2. The van der Waals surface area contributed by atoms with Gasteiger partial charge in [-0.2, -0.15) is 4.31 Å². The van der Waals surface area contributed by atoms with Crippen molar-refractivity contribution in [1.29, 1.82) is 0 Å². The Morgan fingerprint density at radius 3 is 2.35 bits per heavy atom. The number of benzene rings is 2. The molecular weight excluding hydrogens is 414 g/mol. The lowest BCUT2D eigenvalue weighted by Gasteiger charge is -2.21. The number of amides is 1. The number of likely N-dealkylation sites (N-methyl/N-ethyl adjacent to an activating group) is 1. The van der Waals surface area contributed by atoms with Gasteiger partial charge in [-0.3, -0.25) is 9.69 Å². The van der Waals surface area contributed by atoms with Crippen LogP contribution in [0.5, 0.6) is 5.75 Å². The van der Waals surface area contributed by atoms with E-state index in [1.165, 1.54) is 10.4 Å². The Kier molecular flexibility index (Phi) is 9.03. The highest BCUT2D eigenvalue weighted by molar-refractivity contribution is 7.89. The number of nitrogens with zero attached hydrogens (tertiary/aromatic N) is 2. The van der Waals surface area contributed by atoms with Gasteiger partial charge in [0.1, 0.15) is 12.4 Å². The Labute approximate surface area is 186 Å². The Morgan fingerprint density at radius 1 is 1.03 bits per heavy atom. The third kappa shape index (κ3) is 6.78. The monoisotopic (exact) mass is 447 g/mol. The number of sulfonamides is 1. The van der Waals surface area contributed by atoms with Crippen molar-refractivity contribution >= 4 is 21.6 Å². The van der Waals surface area contributed by atoms with E-state index in [4.69, 9.17) is 4.74 Å². The number of para-hydroxylation sites is 1. The van der Waals surface area contributed by atoms with Gasteiger partial charge < -0.3 is 10.1 Å². The zero-order valence-corrected chi connectivity index (χ0v) is 19.8. The summed E-state index contributed by atoms with van der Waals surface area (Å²) in [6.07, 6.45) is 0. The maximum Gasteiger partial charge on any atom is 0.243 e. The molecule has 0 bridgehead atoms. The van der Waals surface area contributed by atoms with Crippen molar-refractivity contribution in [3.05, 3.63) is 53.6 Å². The van der Waals surface area contributed by atoms with E-state index in [1.807, 2.05) is 43.1 Å². The molecule has 1 N–H and O–H groups in total. The van der Waals surface area contributed by atoms with Crippen molar-refractivity contribution in [2.45, 2.75) is 32.6 Å². The van der Waals surface area contributed by atoms with E-state index in [9.17, 15) is 13.2 Å². The molecule has 0 fully saturated rings. The number of rotatable bonds is 11. The maximum absolute atomic E-state index is 12.9. The molecule has 0 aromatic heterocycles. The SMILES string of the molecule is CCN(CC)S(=O)(=O)c1cc(NC(=O)CN(C)CCOc2ccccc2C)ccc1C. The second-order valence-electron chi connectivity index (χ2n) is 7.47. The molecule has 0 spiro atoms. The molecule has 0 aliphatic carbocycles. The van der Waals surface area contributed by atoms with Gasteiger partial charge >= 0.3 is 0 Å². The summed E-state index contributed by atoms with van der Waals surface area (Å²) in [6.45, 7) is 9.36. The van der Waals surface area contributed by atoms with E-state index in [0.717, 1.165) is 11.3 Å². The summed E-state index contributed by atoms with van der Waals surface area (Å²) in [5.41, 5.74) is 2.18. The predicted octanol–water partition coefficient (Wildman–Crippen LogP) is 3.28. The van der Waals surface area contributed by atoms with Gasteiger partial charge in [0, 0.05) is 25.3 Å². The first-order valence-corrected chi connectivity index (χ1v) is 11.9. The molecule has 0 heterocycles. The molecule has 8 heteroatoms. The minimum atomic E-state index is -3.60. The van der Waals surface area contributed by atoms with Gasteiger partial charge in [-0.05, 0) is 50.2 Å². The lowest BCUT2D eigenvalue weighted by molar-refractivity contribution is -0.117. The summed E-state index contributed by atoms with van der Waals surface area (Å²) in [6, 6.07) is 12.8. The van der Waals surface area contributed by atoms with Crippen LogP contribution in [0.3, 0.4) is 0 Å². The first-order chi connectivity index (χ1) is 14.7. The predicted molar refractivity (Wildman–Crippen MR) is 124 cm³/mol. The first kappa shape index (κ1) is 24.8. The second-order valence-corrected chi connectivity index (χ2v) is 9.38. The fourth-order valence-electron chi connectivity index (χ4n) is 3.21. The molecule has 2 aromatic carbocycles. The Bertz CT molecular complexity index is 988. The van der Waals surface area contributed by atoms with Crippen molar-refractivity contribution in [2.75, 3.05) is 45.2 Å². The largest absolute Gasteiger partial charge is 0.492 e. The molecule has 0 unspecified atom stereocenters. The molecule has 1 amide bonds. The fourth-order valence-corrected chi connectivity index (χ4v) is 4.92. The van der Waals surface area contributed by atoms with Gasteiger partial charge in [0.05, 0.1) is 11.4 Å². The molecule has 0 aliphatic rings. The minimum Gasteiger partial charge on any atom is -0.492 e. The number of aryl methyl sites for hydroxylation is 2. The quantitative estimate of drug-likeness (QED) is 0.572. The number of nitrogens with one attached hydrogen (secondary N) is 1. The van der Waals surface area contributed by atoms with Crippen LogP contribution >= 0.6 is 0 Å². The summed E-state index contributed by atoms with van der Waals surface area (Å²) in [5, 5.41) is 2.80. The van der Waals surface area contributed by atoms with E-state index < -0.39 is 10.0 Å². The van der Waals surface area contributed by atoms with Crippen LogP contribution in [-0.2, 0) is 14.8 Å². The standard InChI is InChI=1S/C23H33N3O4S/c1-6-26(7-2)31(28,29)22-16-20(13-12-19(22)4)24-23(27)17-25(5)14-15-30-21-11-9-8-10-18(21)3/h8-13,16H,6-7,14-15,17H2,1-5H3,(H,24,27). The van der Waals surface area contributed by atoms with Gasteiger partial charge in [-0.25, -0.2) is 8.42 Å². The number of anilines is 1. The van der Waals surface area contributed by atoms with Crippen molar-refractivity contribution in [1.82, 2.24) is 9.21 Å². The van der Waals surface area contributed by atoms with Crippen molar-refractivity contribution < 1.29 is 17.9 Å². The highest BCUT2D eigenvalue weighted by Crippen LogP contribution is 2.23. The summed E-state index contributed by atoms with van der Waals surface area (Å²) >= 11 is 0. The van der Waals surface area contributed by atoms with Crippen LogP contribution in [0.4, 0.5) is 5.69 Å².